The number of hydrogen-bond donors (Lipinski definition) is 0. The van der Waals surface area contributed by atoms with Crippen LogP contribution in [0.5, 0.6) is 11.5 Å². The molecular formula is C17H12N3O4S-. The normalized spacial score (nSPS) is 12.3. The van der Waals surface area contributed by atoms with Gasteiger partial charge in [-0.15, -0.1) is 10.2 Å². The van der Waals surface area contributed by atoms with E-state index in [1.165, 1.54) is 0 Å². The van der Waals surface area contributed by atoms with Crippen molar-refractivity contribution < 1.29 is 19.4 Å². The first kappa shape index (κ1) is 15.5. The van der Waals surface area contributed by atoms with E-state index in [-0.39, 0.29) is 12.5 Å². The maximum Gasteiger partial charge on any atom is 0.231 e. The van der Waals surface area contributed by atoms with Gasteiger partial charge in [0.25, 0.3) is 0 Å². The molecule has 2 aromatic carbocycles. The molecule has 1 aliphatic rings. The number of hydrogen-bond acceptors (Lipinski definition) is 7. The van der Waals surface area contributed by atoms with Crippen LogP contribution in [0.15, 0.2) is 53.7 Å². The van der Waals surface area contributed by atoms with E-state index in [1.54, 1.807) is 0 Å². The summed E-state index contributed by atoms with van der Waals surface area (Å²) in [5.74, 6) is 0.555. The maximum absolute atomic E-state index is 10.8. The summed E-state index contributed by atoms with van der Waals surface area (Å²) >= 11 is 1.06. The molecule has 0 unspecified atom stereocenters. The van der Waals surface area contributed by atoms with Gasteiger partial charge >= 0.3 is 0 Å². The molecule has 0 saturated heterocycles. The minimum atomic E-state index is -1.16. The number of rotatable bonds is 5. The van der Waals surface area contributed by atoms with Gasteiger partial charge in [0.1, 0.15) is 0 Å². The molecule has 8 heteroatoms. The van der Waals surface area contributed by atoms with Crippen LogP contribution in [0.25, 0.3) is 17.1 Å². The van der Waals surface area contributed by atoms with Crippen LogP contribution in [0.2, 0.25) is 0 Å². The molecule has 0 atom stereocenters. The summed E-state index contributed by atoms with van der Waals surface area (Å²) in [5.41, 5.74) is 1.63. The van der Waals surface area contributed by atoms with E-state index in [2.05, 4.69) is 10.2 Å². The highest BCUT2D eigenvalue weighted by molar-refractivity contribution is 7.99. The number of ether oxygens (including phenoxy) is 2. The van der Waals surface area contributed by atoms with Crippen molar-refractivity contribution in [3.8, 4) is 28.6 Å². The molecule has 4 rings (SSSR count). The van der Waals surface area contributed by atoms with E-state index in [4.69, 9.17) is 9.47 Å². The van der Waals surface area contributed by atoms with Gasteiger partial charge in [-0.2, -0.15) is 0 Å². The molecule has 25 heavy (non-hydrogen) atoms. The Hall–Kier alpha value is -3.00. The minimum absolute atomic E-state index is 0.191. The van der Waals surface area contributed by atoms with Gasteiger partial charge in [-0.25, -0.2) is 0 Å². The quantitative estimate of drug-likeness (QED) is 0.642. The summed E-state index contributed by atoms with van der Waals surface area (Å²) in [6.45, 7) is 0.191. The van der Waals surface area contributed by atoms with Crippen molar-refractivity contribution in [1.82, 2.24) is 14.8 Å². The van der Waals surface area contributed by atoms with E-state index in [1.807, 2.05) is 53.1 Å². The molecule has 3 aromatic rings. The highest BCUT2D eigenvalue weighted by Crippen LogP contribution is 2.36. The number of aromatic nitrogens is 3. The lowest BCUT2D eigenvalue weighted by Gasteiger charge is -2.10. The summed E-state index contributed by atoms with van der Waals surface area (Å²) in [7, 11) is 0. The molecular weight excluding hydrogens is 342 g/mol. The average molecular weight is 354 g/mol. The zero-order chi connectivity index (χ0) is 17.2. The predicted octanol–water partition coefficient (Wildman–Crippen LogP) is 1.50. The number of nitrogens with zero attached hydrogens (tertiary/aromatic N) is 3. The smallest absolute Gasteiger partial charge is 0.231 e. The third kappa shape index (κ3) is 3.03. The summed E-state index contributed by atoms with van der Waals surface area (Å²) in [4.78, 5) is 10.8. The van der Waals surface area contributed by atoms with Crippen molar-refractivity contribution in [2.75, 3.05) is 12.5 Å². The largest absolute Gasteiger partial charge is 0.549 e. The first-order chi connectivity index (χ1) is 12.2. The molecule has 2 heterocycles. The molecule has 1 aromatic heterocycles. The van der Waals surface area contributed by atoms with E-state index >= 15 is 0 Å². The average Bonchev–Trinajstić information content (AvgIpc) is 3.26. The molecule has 7 nitrogen and oxygen atoms in total. The zero-order valence-electron chi connectivity index (χ0n) is 12.9. The summed E-state index contributed by atoms with van der Waals surface area (Å²) in [5, 5.41) is 19.7. The van der Waals surface area contributed by atoms with Crippen molar-refractivity contribution in [3.05, 3.63) is 48.5 Å². The predicted molar refractivity (Wildman–Crippen MR) is 88.6 cm³/mol. The zero-order valence-corrected chi connectivity index (χ0v) is 13.7. The Bertz CT molecular complexity index is 927. The van der Waals surface area contributed by atoms with Crippen molar-refractivity contribution in [2.24, 2.45) is 0 Å². The minimum Gasteiger partial charge on any atom is -0.549 e. The van der Waals surface area contributed by atoms with Crippen molar-refractivity contribution in [3.63, 3.8) is 0 Å². The van der Waals surface area contributed by atoms with Gasteiger partial charge in [0.15, 0.2) is 22.5 Å². The summed E-state index contributed by atoms with van der Waals surface area (Å²) in [6.07, 6.45) is 0. The molecule has 0 fully saturated rings. The van der Waals surface area contributed by atoms with Crippen LogP contribution >= 0.6 is 11.8 Å². The molecule has 0 bridgehead atoms. The van der Waals surface area contributed by atoms with Gasteiger partial charge in [0, 0.05) is 17.0 Å². The molecule has 0 spiro atoms. The summed E-state index contributed by atoms with van der Waals surface area (Å²) in [6, 6.07) is 15.0. The Morgan fingerprint density at radius 2 is 1.92 bits per heavy atom. The maximum atomic E-state index is 10.8. The second-order valence-corrected chi connectivity index (χ2v) is 6.15. The van der Waals surface area contributed by atoms with Crippen LogP contribution in [0, 0.1) is 0 Å². The lowest BCUT2D eigenvalue weighted by molar-refractivity contribution is -0.301. The van der Waals surface area contributed by atoms with Gasteiger partial charge < -0.3 is 19.4 Å². The molecule has 0 saturated carbocycles. The molecule has 0 N–H and O–H groups in total. The van der Waals surface area contributed by atoms with Gasteiger partial charge in [-0.1, -0.05) is 30.0 Å². The Kier molecular flexibility index (Phi) is 4.02. The van der Waals surface area contributed by atoms with E-state index in [0.29, 0.717) is 22.5 Å². The Labute approximate surface area is 147 Å². The first-order valence-electron chi connectivity index (χ1n) is 7.46. The molecule has 0 aliphatic carbocycles. The lowest BCUT2D eigenvalue weighted by Crippen LogP contribution is -2.24. The van der Waals surface area contributed by atoms with Gasteiger partial charge in [-0.05, 0) is 30.3 Å². The molecule has 0 amide bonds. The lowest BCUT2D eigenvalue weighted by atomic mass is 10.2. The van der Waals surface area contributed by atoms with Crippen LogP contribution in [0.4, 0.5) is 0 Å². The number of carbonyl (C=O) groups is 1. The number of para-hydroxylation sites is 1. The Morgan fingerprint density at radius 3 is 2.72 bits per heavy atom. The van der Waals surface area contributed by atoms with E-state index in [9.17, 15) is 9.90 Å². The van der Waals surface area contributed by atoms with Gasteiger partial charge in [-0.3, -0.25) is 4.57 Å². The number of aliphatic carboxylic acids is 1. The number of carboxylic acids is 1. The van der Waals surface area contributed by atoms with Crippen LogP contribution in [0.3, 0.4) is 0 Å². The van der Waals surface area contributed by atoms with E-state index < -0.39 is 5.97 Å². The molecule has 1 aliphatic heterocycles. The fourth-order valence-electron chi connectivity index (χ4n) is 2.52. The second-order valence-electron chi connectivity index (χ2n) is 5.21. The number of carbonyl (C=O) groups excluding carboxylic acids is 1. The number of carboxylic acid groups (broad SMARTS) is 1. The number of fused-ring (bicyclic) bond motifs is 1. The fourth-order valence-corrected chi connectivity index (χ4v) is 3.19. The van der Waals surface area contributed by atoms with Crippen molar-refractivity contribution in [1.29, 1.82) is 0 Å². The van der Waals surface area contributed by atoms with Crippen molar-refractivity contribution >= 4 is 17.7 Å². The number of thioether (sulfide) groups is 1. The fraction of sp³-hybridized carbons (Fsp3) is 0.118. The van der Waals surface area contributed by atoms with Gasteiger partial charge in [0.05, 0.1) is 5.97 Å². The summed E-state index contributed by atoms with van der Waals surface area (Å²) < 4.78 is 12.6. The number of benzene rings is 2. The third-order valence-corrected chi connectivity index (χ3v) is 4.50. The van der Waals surface area contributed by atoms with Crippen LogP contribution in [-0.2, 0) is 4.79 Å². The first-order valence-corrected chi connectivity index (χ1v) is 8.44. The third-order valence-electron chi connectivity index (χ3n) is 3.60. The van der Waals surface area contributed by atoms with E-state index in [0.717, 1.165) is 23.0 Å². The van der Waals surface area contributed by atoms with Crippen molar-refractivity contribution in [2.45, 2.75) is 5.16 Å². The topological polar surface area (TPSA) is 89.3 Å². The standard InChI is InChI=1S/C17H13N3O4S/c21-15(22)9-25-17-19-18-16(20(17)12-4-2-1-3-5-12)11-6-7-13-14(8-11)24-10-23-13/h1-8H,9-10H2,(H,21,22)/p-1. The second kappa shape index (κ2) is 6.48. The van der Waals surface area contributed by atoms with Crippen LogP contribution in [-0.4, -0.2) is 33.3 Å². The van der Waals surface area contributed by atoms with Crippen LogP contribution in [0.1, 0.15) is 0 Å². The van der Waals surface area contributed by atoms with Crippen LogP contribution < -0.4 is 14.6 Å². The highest BCUT2D eigenvalue weighted by atomic mass is 32.2. The van der Waals surface area contributed by atoms with Gasteiger partial charge in [0.2, 0.25) is 6.79 Å². The highest BCUT2D eigenvalue weighted by Gasteiger charge is 2.19. The molecule has 126 valence electrons. The molecule has 0 radical (unpaired) electrons. The Balaban J connectivity index is 1.81. The monoisotopic (exact) mass is 354 g/mol. The Morgan fingerprint density at radius 1 is 1.12 bits per heavy atom. The SMILES string of the molecule is O=C([O-])CSc1nnc(-c2ccc3c(c2)OCO3)n1-c1ccccc1.